The second-order valence-electron chi connectivity index (χ2n) is 6.26. The van der Waals surface area contributed by atoms with Crippen molar-refractivity contribution in [2.45, 2.75) is 24.7 Å². The molecule has 124 valence electrons. The second kappa shape index (κ2) is 5.47. The predicted molar refractivity (Wildman–Crippen MR) is 82.9 cm³/mol. The largest absolute Gasteiger partial charge is 0.478 e. The zero-order valence-corrected chi connectivity index (χ0v) is 12.8. The molecule has 24 heavy (non-hydrogen) atoms. The molecule has 3 aliphatic rings. The lowest BCUT2D eigenvalue weighted by Gasteiger charge is -2.28. The van der Waals surface area contributed by atoms with E-state index in [1.165, 1.54) is 0 Å². The van der Waals surface area contributed by atoms with E-state index in [-0.39, 0.29) is 23.5 Å². The summed E-state index contributed by atoms with van der Waals surface area (Å²) >= 11 is 0. The number of allylic oxidation sites excluding steroid dienone is 1. The highest BCUT2D eigenvalue weighted by atomic mass is 19.1. The fraction of sp³-hybridized carbons (Fsp3) is 0.333. The first kappa shape index (κ1) is 14.9. The molecule has 0 aromatic heterocycles. The van der Waals surface area contributed by atoms with Crippen LogP contribution in [0.15, 0.2) is 46.8 Å². The molecule has 1 fully saturated rings. The molecule has 5 nitrogen and oxygen atoms in total. The minimum absolute atomic E-state index is 0.00449. The summed E-state index contributed by atoms with van der Waals surface area (Å²) in [6, 6.07) is 7.52. The number of esters is 1. The van der Waals surface area contributed by atoms with Crippen LogP contribution in [0.3, 0.4) is 0 Å². The van der Waals surface area contributed by atoms with Crippen LogP contribution in [0.4, 0.5) is 4.39 Å². The van der Waals surface area contributed by atoms with Crippen LogP contribution in [-0.2, 0) is 14.3 Å². The number of carbonyl (C=O) groups excluding carboxylic acids is 1. The van der Waals surface area contributed by atoms with Crippen molar-refractivity contribution in [2.75, 3.05) is 13.3 Å². The maximum absolute atomic E-state index is 13.5. The third-order valence-electron chi connectivity index (χ3n) is 4.79. The number of carboxylic acids is 1. The minimum atomic E-state index is -1.22. The van der Waals surface area contributed by atoms with Crippen LogP contribution < -0.4 is 5.32 Å². The third-order valence-corrected chi connectivity index (χ3v) is 4.79. The van der Waals surface area contributed by atoms with Gasteiger partial charge in [0.05, 0.1) is 28.5 Å². The highest BCUT2D eigenvalue weighted by Crippen LogP contribution is 2.48. The first-order valence-electron chi connectivity index (χ1n) is 7.90. The first-order chi connectivity index (χ1) is 11.6. The van der Waals surface area contributed by atoms with Gasteiger partial charge in [0.1, 0.15) is 13.3 Å². The molecule has 2 aliphatic heterocycles. The highest BCUT2D eigenvalue weighted by Gasteiger charge is 2.43. The molecule has 0 amide bonds. The van der Waals surface area contributed by atoms with Gasteiger partial charge in [-0.2, -0.15) is 0 Å². The van der Waals surface area contributed by atoms with Gasteiger partial charge in [0.2, 0.25) is 0 Å². The van der Waals surface area contributed by atoms with Crippen LogP contribution in [0.5, 0.6) is 0 Å². The topological polar surface area (TPSA) is 75.6 Å². The maximum atomic E-state index is 13.5. The predicted octanol–water partition coefficient (Wildman–Crippen LogP) is 2.37. The van der Waals surface area contributed by atoms with Crippen molar-refractivity contribution in [3.05, 3.63) is 57.9 Å². The summed E-state index contributed by atoms with van der Waals surface area (Å²) in [5.41, 5.74) is 2.44. The molecule has 1 atom stereocenters. The van der Waals surface area contributed by atoms with E-state index in [0.29, 0.717) is 11.6 Å². The summed E-state index contributed by atoms with van der Waals surface area (Å²) in [7, 11) is 0. The molecular formula is C18H16FNO4. The normalized spacial score (nSPS) is 23.0. The van der Waals surface area contributed by atoms with E-state index in [9.17, 15) is 19.1 Å². The van der Waals surface area contributed by atoms with Gasteiger partial charge in [-0.1, -0.05) is 24.3 Å². The summed E-state index contributed by atoms with van der Waals surface area (Å²) in [4.78, 5) is 24.1. The lowest BCUT2D eigenvalue weighted by molar-refractivity contribution is -0.136. The molecule has 6 heteroatoms. The molecule has 2 heterocycles. The monoisotopic (exact) mass is 329 g/mol. The fourth-order valence-corrected chi connectivity index (χ4v) is 3.59. The van der Waals surface area contributed by atoms with Gasteiger partial charge in [0, 0.05) is 0 Å². The van der Waals surface area contributed by atoms with Gasteiger partial charge >= 0.3 is 11.9 Å². The molecule has 2 N–H and O–H groups in total. The molecular weight excluding hydrogens is 313 g/mol. The lowest BCUT2D eigenvalue weighted by Crippen LogP contribution is -2.31. The van der Waals surface area contributed by atoms with Gasteiger partial charge in [0.15, 0.2) is 0 Å². The summed E-state index contributed by atoms with van der Waals surface area (Å²) in [6.45, 7) is -0.915. The van der Waals surface area contributed by atoms with Gasteiger partial charge in [0.25, 0.3) is 0 Å². The number of nitrogens with one attached hydrogen (secondary N) is 1. The Bertz CT molecular complexity index is 807. The average molecular weight is 329 g/mol. The molecule has 1 aromatic carbocycles. The van der Waals surface area contributed by atoms with Gasteiger partial charge in [-0.15, -0.1) is 0 Å². The lowest BCUT2D eigenvalue weighted by atomic mass is 9.78. The van der Waals surface area contributed by atoms with E-state index >= 15 is 0 Å². The Morgan fingerprint density at radius 2 is 2.00 bits per heavy atom. The van der Waals surface area contributed by atoms with Crippen molar-refractivity contribution in [3.8, 4) is 0 Å². The highest BCUT2D eigenvalue weighted by molar-refractivity contribution is 6.00. The number of alkyl halides is 1. The van der Waals surface area contributed by atoms with Crippen LogP contribution >= 0.6 is 0 Å². The SMILES string of the molecule is O=C(O)C1=C(CF)NC2=C(C(=O)OC2)C1c1ccccc1C1CC1. The number of hydrogen-bond acceptors (Lipinski definition) is 4. The van der Waals surface area contributed by atoms with Gasteiger partial charge in [-0.05, 0) is 29.9 Å². The quantitative estimate of drug-likeness (QED) is 0.830. The first-order valence-corrected chi connectivity index (χ1v) is 7.90. The second-order valence-corrected chi connectivity index (χ2v) is 6.26. The zero-order valence-electron chi connectivity index (χ0n) is 12.8. The van der Waals surface area contributed by atoms with Gasteiger partial charge in [-0.25, -0.2) is 14.0 Å². The van der Waals surface area contributed by atoms with Crippen LogP contribution in [-0.4, -0.2) is 30.3 Å². The van der Waals surface area contributed by atoms with Crippen LogP contribution in [0.25, 0.3) is 0 Å². The Balaban J connectivity index is 1.94. The molecule has 0 bridgehead atoms. The number of aliphatic carboxylic acids is 1. The summed E-state index contributed by atoms with van der Waals surface area (Å²) in [5, 5.41) is 12.4. The molecule has 0 radical (unpaired) electrons. The average Bonchev–Trinajstić information content (AvgIpc) is 3.37. The molecule has 0 saturated heterocycles. The van der Waals surface area contributed by atoms with E-state index in [2.05, 4.69) is 5.32 Å². The zero-order chi connectivity index (χ0) is 16.8. The Morgan fingerprint density at radius 1 is 1.29 bits per heavy atom. The molecule has 1 unspecified atom stereocenters. The van der Waals surface area contributed by atoms with Crippen molar-refractivity contribution in [3.63, 3.8) is 0 Å². The number of ether oxygens (including phenoxy) is 1. The number of dihydropyridines is 1. The number of halogens is 1. The van der Waals surface area contributed by atoms with E-state index in [0.717, 1.165) is 24.0 Å². The van der Waals surface area contributed by atoms with Crippen LogP contribution in [0.1, 0.15) is 35.8 Å². The summed E-state index contributed by atoms with van der Waals surface area (Å²) < 4.78 is 18.5. The maximum Gasteiger partial charge on any atom is 0.337 e. The van der Waals surface area contributed by atoms with Crippen molar-refractivity contribution in [1.82, 2.24) is 5.32 Å². The Hall–Kier alpha value is -2.63. The number of cyclic esters (lactones) is 1. The number of carbonyl (C=O) groups is 2. The van der Waals surface area contributed by atoms with Crippen molar-refractivity contribution in [1.29, 1.82) is 0 Å². The molecule has 1 saturated carbocycles. The molecule has 1 aromatic rings. The van der Waals surface area contributed by atoms with E-state index in [1.54, 1.807) is 0 Å². The van der Waals surface area contributed by atoms with Crippen molar-refractivity contribution in [2.24, 2.45) is 0 Å². The number of carboxylic acid groups (broad SMARTS) is 1. The fourth-order valence-electron chi connectivity index (χ4n) is 3.59. The minimum Gasteiger partial charge on any atom is -0.478 e. The number of benzene rings is 1. The van der Waals surface area contributed by atoms with Crippen LogP contribution in [0, 0.1) is 0 Å². The Labute approximate surface area is 137 Å². The Kier molecular flexibility index (Phi) is 3.40. The van der Waals surface area contributed by atoms with Crippen molar-refractivity contribution >= 4 is 11.9 Å². The van der Waals surface area contributed by atoms with Gasteiger partial charge in [-0.3, -0.25) is 0 Å². The third kappa shape index (κ3) is 2.21. The van der Waals surface area contributed by atoms with E-state index < -0.39 is 24.5 Å². The number of hydrogen-bond donors (Lipinski definition) is 2. The van der Waals surface area contributed by atoms with Crippen LogP contribution in [0.2, 0.25) is 0 Å². The smallest absolute Gasteiger partial charge is 0.337 e. The van der Waals surface area contributed by atoms with E-state index in [1.807, 2.05) is 24.3 Å². The summed E-state index contributed by atoms with van der Waals surface area (Å²) in [6.07, 6.45) is 2.08. The van der Waals surface area contributed by atoms with Crippen molar-refractivity contribution < 1.29 is 23.8 Å². The van der Waals surface area contributed by atoms with E-state index in [4.69, 9.17) is 4.74 Å². The number of rotatable bonds is 4. The molecule has 0 spiro atoms. The molecule has 1 aliphatic carbocycles. The standard InChI is InChI=1S/C18H16FNO4/c19-7-12-15(17(21)22)14(16-13(20-12)8-24-18(16)23)11-4-2-1-3-10(11)9-5-6-9/h1-4,9,14,20H,5-8H2,(H,21,22). The summed E-state index contributed by atoms with van der Waals surface area (Å²) in [5.74, 6) is -2.18. The van der Waals surface area contributed by atoms with Gasteiger partial charge < -0.3 is 15.2 Å². The Morgan fingerprint density at radius 3 is 2.62 bits per heavy atom. The molecule has 4 rings (SSSR count).